The molecule has 3 aromatic rings. The van der Waals surface area contributed by atoms with Gasteiger partial charge in [0.05, 0.1) is 6.54 Å². The normalized spacial score (nSPS) is 11.1. The van der Waals surface area contributed by atoms with Crippen molar-refractivity contribution in [3.8, 4) is 0 Å². The van der Waals surface area contributed by atoms with Crippen LogP contribution in [-0.4, -0.2) is 4.57 Å². The van der Waals surface area contributed by atoms with Crippen molar-refractivity contribution in [2.24, 2.45) is 0 Å². The number of hydrogen-bond donors (Lipinski definition) is 0. The van der Waals surface area contributed by atoms with Crippen molar-refractivity contribution in [3.05, 3.63) is 66.7 Å². The van der Waals surface area contributed by atoms with Gasteiger partial charge >= 0.3 is 0 Å². The minimum atomic E-state index is 0.931. The fraction of sp³-hybridized carbons (Fsp3) is 0.278. The van der Waals surface area contributed by atoms with Crippen molar-refractivity contribution in [1.29, 1.82) is 0 Å². The Morgan fingerprint density at radius 1 is 1.05 bits per heavy atom. The molecule has 0 atom stereocenters. The summed E-state index contributed by atoms with van der Waals surface area (Å²) < 4.78 is 4.53. The number of hydrogen-bond acceptors (Lipinski definition) is 0. The summed E-state index contributed by atoms with van der Waals surface area (Å²) in [6.45, 7) is 4.27. The molecule has 0 fully saturated rings. The van der Waals surface area contributed by atoms with Crippen LogP contribution in [0.5, 0.6) is 0 Å². The molecule has 0 aliphatic rings. The van der Waals surface area contributed by atoms with E-state index in [4.69, 9.17) is 0 Å². The van der Waals surface area contributed by atoms with E-state index in [9.17, 15) is 0 Å². The van der Waals surface area contributed by atoms with Gasteiger partial charge < -0.3 is 0 Å². The quantitative estimate of drug-likeness (QED) is 0.621. The van der Waals surface area contributed by atoms with Crippen LogP contribution in [0.3, 0.4) is 0 Å². The molecule has 0 spiro atoms. The fourth-order valence-electron chi connectivity index (χ4n) is 2.63. The average Bonchev–Trinajstić information content (AvgIpc) is 2.93. The Morgan fingerprint density at radius 2 is 1.90 bits per heavy atom. The maximum atomic E-state index is 2.27. The zero-order valence-electron chi connectivity index (χ0n) is 12.0. The highest BCUT2D eigenvalue weighted by Gasteiger charge is 2.06. The van der Waals surface area contributed by atoms with Crippen molar-refractivity contribution in [2.45, 2.75) is 32.9 Å². The Bertz CT molecular complexity index is 692. The Kier molecular flexibility index (Phi) is 3.82. The van der Waals surface area contributed by atoms with Gasteiger partial charge in [-0.15, -0.1) is 0 Å². The van der Waals surface area contributed by atoms with E-state index in [1.54, 1.807) is 0 Å². The Morgan fingerprint density at radius 3 is 2.80 bits per heavy atom. The largest absolute Gasteiger partial charge is 0.244 e. The van der Waals surface area contributed by atoms with Crippen LogP contribution in [0.4, 0.5) is 0 Å². The smallest absolute Gasteiger partial charge is 0.237 e. The van der Waals surface area contributed by atoms with E-state index in [0.717, 1.165) is 13.1 Å². The molecule has 0 bridgehead atoms. The van der Waals surface area contributed by atoms with Crippen molar-refractivity contribution in [1.82, 2.24) is 4.57 Å². The minimum absolute atomic E-state index is 0.931. The monoisotopic (exact) mass is 265 g/mol. The number of rotatable bonds is 5. The van der Waals surface area contributed by atoms with Gasteiger partial charge in [-0.1, -0.05) is 55.8 Å². The molecule has 0 N–H and O–H groups in total. The molecule has 0 unspecified atom stereocenters. The number of fused-ring (bicyclic) bond motifs is 1. The summed E-state index contributed by atoms with van der Waals surface area (Å²) in [5, 5.41) is 2.67. The summed E-state index contributed by atoms with van der Waals surface area (Å²) >= 11 is 0. The maximum Gasteiger partial charge on any atom is 0.244 e. The lowest BCUT2D eigenvalue weighted by atomic mass is 10.0. The molecule has 0 aliphatic carbocycles. The van der Waals surface area contributed by atoms with Gasteiger partial charge in [0.2, 0.25) is 6.33 Å². The maximum absolute atomic E-state index is 2.27. The van der Waals surface area contributed by atoms with Gasteiger partial charge in [-0.2, -0.15) is 0 Å². The van der Waals surface area contributed by atoms with E-state index >= 15 is 0 Å². The summed E-state index contributed by atoms with van der Waals surface area (Å²) in [6, 6.07) is 15.1. The lowest BCUT2D eigenvalue weighted by Gasteiger charge is -2.04. The molecule has 102 valence electrons. The molecule has 2 aromatic carbocycles. The highest BCUT2D eigenvalue weighted by atomic mass is 15.1. The molecule has 0 saturated carbocycles. The molecule has 1 aromatic heterocycles. The van der Waals surface area contributed by atoms with Gasteiger partial charge in [0.15, 0.2) is 0 Å². The van der Waals surface area contributed by atoms with Crippen LogP contribution >= 0.6 is 0 Å². The lowest BCUT2D eigenvalue weighted by molar-refractivity contribution is -0.687. The van der Waals surface area contributed by atoms with Crippen LogP contribution in [-0.2, 0) is 13.1 Å². The third-order valence-electron chi connectivity index (χ3n) is 3.75. The highest BCUT2D eigenvalue weighted by molar-refractivity contribution is 5.85. The first kappa shape index (κ1) is 12.9. The second kappa shape index (κ2) is 5.91. The van der Waals surface area contributed by atoms with Crippen LogP contribution in [0.1, 0.15) is 25.3 Å². The van der Waals surface area contributed by atoms with E-state index in [1.807, 2.05) is 0 Å². The Balaban J connectivity index is 1.84. The summed E-state index contributed by atoms with van der Waals surface area (Å²) in [5.74, 6) is 0. The number of unbranched alkanes of at least 4 members (excludes halogenated alkanes) is 1. The second-order valence-electron chi connectivity index (χ2n) is 5.32. The fourth-order valence-corrected chi connectivity index (χ4v) is 2.63. The van der Waals surface area contributed by atoms with Crippen LogP contribution in [0.15, 0.2) is 61.2 Å². The Hall–Kier alpha value is -2.09. The van der Waals surface area contributed by atoms with Crippen molar-refractivity contribution < 1.29 is 4.57 Å². The predicted octanol–water partition coefficient (Wildman–Crippen LogP) is 3.78. The average molecular weight is 265 g/mol. The van der Waals surface area contributed by atoms with E-state index in [0.29, 0.717) is 0 Å². The van der Waals surface area contributed by atoms with Crippen molar-refractivity contribution in [2.75, 3.05) is 0 Å². The van der Waals surface area contributed by atoms with Crippen molar-refractivity contribution in [3.63, 3.8) is 0 Å². The summed E-state index contributed by atoms with van der Waals surface area (Å²) in [5.41, 5.74) is 1.38. The molecule has 0 amide bonds. The third-order valence-corrected chi connectivity index (χ3v) is 3.75. The van der Waals surface area contributed by atoms with Crippen LogP contribution in [0, 0.1) is 0 Å². The number of imidazole rings is 1. The zero-order chi connectivity index (χ0) is 13.8. The van der Waals surface area contributed by atoms with Crippen LogP contribution in [0.25, 0.3) is 10.8 Å². The van der Waals surface area contributed by atoms with Crippen LogP contribution < -0.4 is 4.57 Å². The first-order valence-electron chi connectivity index (χ1n) is 7.38. The lowest BCUT2D eigenvalue weighted by Crippen LogP contribution is -2.31. The van der Waals surface area contributed by atoms with E-state index in [1.165, 1.54) is 29.2 Å². The molecule has 20 heavy (non-hydrogen) atoms. The van der Waals surface area contributed by atoms with Crippen LogP contribution in [0.2, 0.25) is 0 Å². The number of nitrogens with zero attached hydrogens (tertiary/aromatic N) is 2. The summed E-state index contributed by atoms with van der Waals surface area (Å²) in [7, 11) is 0. The standard InChI is InChI=1S/C18H21N2/c1-2-3-11-19-12-13-20(15-19)14-17-9-6-8-16-7-4-5-10-18(16)17/h4-10,12-13,15H,2-3,11,14H2,1H3/q+1. The molecule has 1 heterocycles. The zero-order valence-corrected chi connectivity index (χ0v) is 12.0. The van der Waals surface area contributed by atoms with Crippen molar-refractivity contribution >= 4 is 10.8 Å². The molecule has 0 radical (unpaired) electrons. The van der Waals surface area contributed by atoms with Gasteiger partial charge in [0.1, 0.15) is 18.9 Å². The van der Waals surface area contributed by atoms with Gasteiger partial charge in [-0.3, -0.25) is 0 Å². The van der Waals surface area contributed by atoms with Gasteiger partial charge in [0.25, 0.3) is 0 Å². The molecule has 0 saturated heterocycles. The van der Waals surface area contributed by atoms with E-state index in [2.05, 4.69) is 77.2 Å². The summed E-state index contributed by atoms with van der Waals surface area (Å²) in [4.78, 5) is 0. The number of aromatic nitrogens is 2. The molecule has 0 aliphatic heterocycles. The Labute approximate surface area is 120 Å². The molecule has 3 rings (SSSR count). The second-order valence-corrected chi connectivity index (χ2v) is 5.32. The number of benzene rings is 2. The van der Waals surface area contributed by atoms with E-state index in [-0.39, 0.29) is 0 Å². The first-order chi connectivity index (χ1) is 9.86. The minimum Gasteiger partial charge on any atom is -0.237 e. The predicted molar refractivity (Wildman–Crippen MR) is 82.6 cm³/mol. The molecule has 2 heteroatoms. The number of aryl methyl sites for hydroxylation is 1. The van der Waals surface area contributed by atoms with Gasteiger partial charge in [0, 0.05) is 5.56 Å². The molecular weight excluding hydrogens is 244 g/mol. The van der Waals surface area contributed by atoms with Gasteiger partial charge in [-0.05, 0) is 17.2 Å². The molecular formula is C18H21N2+. The van der Waals surface area contributed by atoms with E-state index < -0.39 is 0 Å². The topological polar surface area (TPSA) is 8.81 Å². The SMILES string of the molecule is CCCCn1cc[n+](Cc2cccc3ccccc23)c1. The third kappa shape index (κ3) is 2.74. The first-order valence-corrected chi connectivity index (χ1v) is 7.38. The highest BCUT2D eigenvalue weighted by Crippen LogP contribution is 2.18. The summed E-state index contributed by atoms with van der Waals surface area (Å²) in [6.07, 6.45) is 9.01. The van der Waals surface area contributed by atoms with Gasteiger partial charge in [-0.25, -0.2) is 9.13 Å². The molecule has 2 nitrogen and oxygen atoms in total.